The maximum Gasteiger partial charge on any atom is 0.238 e. The summed E-state index contributed by atoms with van der Waals surface area (Å²) in [7, 11) is 3.35. The first-order valence-electron chi connectivity index (χ1n) is 11.2. The van der Waals surface area contributed by atoms with Crippen LogP contribution < -0.4 is 21.1 Å². The molecule has 0 bridgehead atoms. The van der Waals surface area contributed by atoms with Crippen molar-refractivity contribution < 1.29 is 19.0 Å². The summed E-state index contributed by atoms with van der Waals surface area (Å²) < 4.78 is 20.2. The number of carbonyl (C=O) groups is 1. The van der Waals surface area contributed by atoms with E-state index in [0.717, 1.165) is 11.3 Å². The predicted molar refractivity (Wildman–Crippen MR) is 135 cm³/mol. The number of primary amides is 1. The summed E-state index contributed by atoms with van der Waals surface area (Å²) in [6, 6.07) is 8.45. The number of nitrogens with zero attached hydrogens (tertiary/aromatic N) is 2. The lowest BCUT2D eigenvalue weighted by atomic mass is 9.93. The average Bonchev–Trinajstić information content (AvgIpc) is 3.12. The van der Waals surface area contributed by atoms with E-state index in [9.17, 15) is 14.3 Å². The monoisotopic (exact) mass is 501 g/mol. The van der Waals surface area contributed by atoms with Crippen molar-refractivity contribution in [1.29, 1.82) is 0 Å². The Morgan fingerprint density at radius 2 is 2.23 bits per heavy atom. The number of benzene rings is 2. The quantitative estimate of drug-likeness (QED) is 0.451. The minimum absolute atomic E-state index is 0.00643. The molecular formula is C25H29ClFN5O3. The first kappa shape index (κ1) is 25.0. The number of halogens is 2. The fraction of sp³-hybridized carbons (Fsp3) is 0.360. The molecule has 5 N–H and O–H groups in total. The van der Waals surface area contributed by atoms with Crippen LogP contribution in [0.4, 0.5) is 15.8 Å². The minimum Gasteiger partial charge on any atom is -0.496 e. The molecule has 2 aromatic carbocycles. The fourth-order valence-corrected chi connectivity index (χ4v) is 4.88. The predicted octanol–water partition coefficient (Wildman–Crippen LogP) is 3.48. The van der Waals surface area contributed by atoms with Gasteiger partial charge in [0.25, 0.3) is 0 Å². The van der Waals surface area contributed by atoms with Crippen molar-refractivity contribution in [3.8, 4) is 5.75 Å². The van der Waals surface area contributed by atoms with Gasteiger partial charge in [-0.1, -0.05) is 24.2 Å². The van der Waals surface area contributed by atoms with Gasteiger partial charge in [-0.2, -0.15) is 0 Å². The van der Waals surface area contributed by atoms with E-state index in [1.165, 1.54) is 6.07 Å². The van der Waals surface area contributed by atoms with E-state index in [4.69, 9.17) is 22.1 Å². The van der Waals surface area contributed by atoms with Crippen LogP contribution in [-0.4, -0.2) is 53.7 Å². The molecular weight excluding hydrogens is 473 g/mol. The molecule has 8 nitrogen and oxygen atoms in total. The third-order valence-electron chi connectivity index (χ3n) is 6.69. The molecule has 186 valence electrons. The molecule has 1 aliphatic carbocycles. The lowest BCUT2D eigenvalue weighted by Crippen LogP contribution is -2.54. The van der Waals surface area contributed by atoms with Crippen molar-refractivity contribution in [3.63, 3.8) is 0 Å². The van der Waals surface area contributed by atoms with Gasteiger partial charge in [-0.05, 0) is 44.2 Å². The lowest BCUT2D eigenvalue weighted by Gasteiger charge is -2.36. The first-order valence-corrected chi connectivity index (χ1v) is 11.6. The highest BCUT2D eigenvalue weighted by Crippen LogP contribution is 2.40. The van der Waals surface area contributed by atoms with Crippen LogP contribution in [0.3, 0.4) is 0 Å². The summed E-state index contributed by atoms with van der Waals surface area (Å²) in [4.78, 5) is 18.9. The molecule has 4 rings (SSSR count). The number of aliphatic hydroxyl groups is 1. The molecule has 1 amide bonds. The van der Waals surface area contributed by atoms with Crippen LogP contribution in [0.25, 0.3) is 0 Å². The maximum atomic E-state index is 14.6. The molecule has 35 heavy (non-hydrogen) atoms. The Kier molecular flexibility index (Phi) is 6.77. The largest absolute Gasteiger partial charge is 0.496 e. The summed E-state index contributed by atoms with van der Waals surface area (Å²) in [5.74, 6) is -0.0253. The third kappa shape index (κ3) is 4.59. The number of fused-ring (bicyclic) bond motifs is 1. The molecule has 2 aromatic rings. The first-order chi connectivity index (χ1) is 16.6. The number of aliphatic imine (C=N–C) groups is 1. The van der Waals surface area contributed by atoms with E-state index < -0.39 is 23.4 Å². The second-order valence-corrected chi connectivity index (χ2v) is 9.45. The van der Waals surface area contributed by atoms with Crippen molar-refractivity contribution in [3.05, 3.63) is 64.5 Å². The summed E-state index contributed by atoms with van der Waals surface area (Å²) in [6.07, 6.45) is -0.618. The Bertz CT molecular complexity index is 1220. The van der Waals surface area contributed by atoms with Gasteiger partial charge in [0, 0.05) is 30.2 Å². The molecule has 0 spiro atoms. The van der Waals surface area contributed by atoms with Crippen molar-refractivity contribution in [1.82, 2.24) is 4.90 Å². The van der Waals surface area contributed by atoms with Crippen LogP contribution in [0.2, 0.25) is 5.02 Å². The molecule has 1 heterocycles. The number of amides is 1. The number of carbonyl (C=O) groups excluding carboxylic acids is 1. The van der Waals surface area contributed by atoms with E-state index in [1.807, 2.05) is 24.0 Å². The van der Waals surface area contributed by atoms with Crippen LogP contribution in [-0.2, 0) is 11.3 Å². The third-order valence-corrected chi connectivity index (χ3v) is 6.98. The number of rotatable bonds is 6. The number of methoxy groups -OCH3 is 1. The smallest absolute Gasteiger partial charge is 0.238 e. The van der Waals surface area contributed by atoms with Crippen LogP contribution in [0, 0.1) is 5.82 Å². The van der Waals surface area contributed by atoms with Crippen molar-refractivity contribution in [2.45, 2.75) is 44.1 Å². The van der Waals surface area contributed by atoms with Crippen LogP contribution in [0.15, 0.2) is 47.5 Å². The van der Waals surface area contributed by atoms with Crippen LogP contribution in [0.1, 0.15) is 30.9 Å². The molecule has 2 aliphatic rings. The maximum absolute atomic E-state index is 14.6. The molecule has 10 heteroatoms. The number of likely N-dealkylation sites (N-methyl/N-ethyl adjacent to an activating group) is 1. The molecule has 1 saturated carbocycles. The Morgan fingerprint density at radius 3 is 2.86 bits per heavy atom. The van der Waals surface area contributed by atoms with Gasteiger partial charge >= 0.3 is 0 Å². The van der Waals surface area contributed by atoms with Crippen LogP contribution in [0.5, 0.6) is 5.75 Å². The molecule has 1 fully saturated rings. The Balaban J connectivity index is 1.71. The topological polar surface area (TPSA) is 112 Å². The van der Waals surface area contributed by atoms with E-state index >= 15 is 0 Å². The van der Waals surface area contributed by atoms with Gasteiger partial charge in [0.15, 0.2) is 5.82 Å². The summed E-state index contributed by atoms with van der Waals surface area (Å²) in [5, 5.41) is 16.6. The Hall–Kier alpha value is -3.14. The summed E-state index contributed by atoms with van der Waals surface area (Å²) in [5.41, 5.74) is 7.74. The fourth-order valence-electron chi connectivity index (χ4n) is 4.70. The second kappa shape index (κ2) is 9.49. The number of hydrogen-bond acceptors (Lipinski definition) is 7. The zero-order valence-electron chi connectivity index (χ0n) is 19.9. The minimum atomic E-state index is -1.07. The van der Waals surface area contributed by atoms with E-state index in [0.29, 0.717) is 29.3 Å². The number of anilines is 2. The second-order valence-electron chi connectivity index (χ2n) is 9.04. The van der Waals surface area contributed by atoms with Gasteiger partial charge in [0.05, 0.1) is 29.6 Å². The zero-order chi connectivity index (χ0) is 25.5. The van der Waals surface area contributed by atoms with Gasteiger partial charge in [-0.3, -0.25) is 9.69 Å². The van der Waals surface area contributed by atoms with Crippen LogP contribution >= 0.6 is 11.6 Å². The van der Waals surface area contributed by atoms with E-state index in [1.54, 1.807) is 26.3 Å². The average molecular weight is 502 g/mol. The Labute approximate surface area is 208 Å². The van der Waals surface area contributed by atoms with Gasteiger partial charge in [-0.25, -0.2) is 9.38 Å². The van der Waals surface area contributed by atoms with Gasteiger partial charge in [0.1, 0.15) is 23.3 Å². The van der Waals surface area contributed by atoms with E-state index in [2.05, 4.69) is 22.2 Å². The number of hydrogen-bond donors (Lipinski definition) is 4. The van der Waals surface area contributed by atoms with Gasteiger partial charge in [-0.15, -0.1) is 0 Å². The number of amidine groups is 1. The highest BCUT2D eigenvalue weighted by molar-refractivity contribution is 6.31. The molecule has 3 atom stereocenters. The van der Waals surface area contributed by atoms with Crippen molar-refractivity contribution >= 4 is 34.7 Å². The highest BCUT2D eigenvalue weighted by atomic mass is 35.5. The van der Waals surface area contributed by atoms with Gasteiger partial charge in [0.2, 0.25) is 5.91 Å². The SMILES string of the molecule is C=C1C[C@](C(N)=O)(N(C)Cc2cc3c(cc2OC)NC(C)N=C3Nc2cccc(Cl)c2F)C[C@@H]1O. The lowest BCUT2D eigenvalue weighted by molar-refractivity contribution is -0.130. The van der Waals surface area contributed by atoms with Crippen molar-refractivity contribution in [2.75, 3.05) is 24.8 Å². The molecule has 1 aliphatic heterocycles. The normalized spacial score (nSPS) is 23.5. The molecule has 0 aromatic heterocycles. The summed E-state index contributed by atoms with van der Waals surface area (Å²) in [6.45, 7) is 6.06. The number of nitrogens with one attached hydrogen (secondary N) is 2. The number of nitrogens with two attached hydrogens (primary N) is 1. The van der Waals surface area contributed by atoms with Crippen molar-refractivity contribution in [2.24, 2.45) is 10.7 Å². The molecule has 0 radical (unpaired) electrons. The summed E-state index contributed by atoms with van der Waals surface area (Å²) >= 11 is 5.95. The van der Waals surface area contributed by atoms with E-state index in [-0.39, 0.29) is 29.7 Å². The molecule has 1 unspecified atom stereocenters. The molecule has 0 saturated heterocycles. The number of ether oxygens (including phenoxy) is 1. The number of aliphatic hydroxyl groups excluding tert-OH is 1. The van der Waals surface area contributed by atoms with Gasteiger partial charge < -0.3 is 26.2 Å². The zero-order valence-corrected chi connectivity index (χ0v) is 20.6. The highest BCUT2D eigenvalue weighted by Gasteiger charge is 2.48. The standard InChI is InChI=1S/C25H29ClFN5O3/c1-13-10-25(24(28)34,11-20(13)33)32(3)12-15-8-16-19(9-21(15)35-4)29-14(2)30-23(16)31-18-7-5-6-17(26)22(18)27/h5-9,14,20,29,33H,1,10-12H2,2-4H3,(H2,28,34)(H,30,31)/t14?,20-,25-/m0/s1. The Morgan fingerprint density at radius 1 is 1.49 bits per heavy atom.